The van der Waals surface area contributed by atoms with E-state index in [0.717, 1.165) is 34.8 Å². The first-order valence-electron chi connectivity index (χ1n) is 7.53. The second kappa shape index (κ2) is 6.22. The van der Waals surface area contributed by atoms with Gasteiger partial charge in [0.25, 0.3) is 5.91 Å². The van der Waals surface area contributed by atoms with Crippen LogP contribution in [0.3, 0.4) is 0 Å². The van der Waals surface area contributed by atoms with Gasteiger partial charge in [-0.05, 0) is 42.0 Å². The van der Waals surface area contributed by atoms with Crippen LogP contribution in [-0.2, 0) is 0 Å². The summed E-state index contributed by atoms with van der Waals surface area (Å²) < 4.78 is 0. The monoisotopic (exact) mass is 341 g/mol. The predicted molar refractivity (Wildman–Crippen MR) is 92.7 cm³/mol. The van der Waals surface area contributed by atoms with E-state index in [0.29, 0.717) is 5.69 Å². The van der Waals surface area contributed by atoms with Crippen LogP contribution in [-0.4, -0.2) is 27.3 Å². The number of thiophene rings is 1. The van der Waals surface area contributed by atoms with Crippen LogP contribution in [0.25, 0.3) is 9.88 Å². The van der Waals surface area contributed by atoms with Crippen LogP contribution >= 0.6 is 22.7 Å². The quantitative estimate of drug-likeness (QED) is 0.716. The second-order valence-electron chi connectivity index (χ2n) is 5.45. The number of amides is 1. The molecule has 6 heteroatoms. The zero-order valence-corrected chi connectivity index (χ0v) is 14.0. The van der Waals surface area contributed by atoms with Gasteiger partial charge in [-0.2, -0.15) is 0 Å². The summed E-state index contributed by atoms with van der Waals surface area (Å²) in [6.07, 6.45) is 5.60. The van der Waals surface area contributed by atoms with Gasteiger partial charge in [-0.3, -0.25) is 9.78 Å². The Morgan fingerprint density at radius 2 is 2.09 bits per heavy atom. The third-order valence-corrected chi connectivity index (χ3v) is 5.94. The van der Waals surface area contributed by atoms with Crippen LogP contribution in [0.1, 0.15) is 34.9 Å². The molecule has 1 saturated heterocycles. The molecule has 0 aromatic carbocycles. The zero-order valence-electron chi connectivity index (χ0n) is 12.4. The Labute approximate surface area is 142 Å². The third-order valence-electron chi connectivity index (χ3n) is 4.06. The van der Waals surface area contributed by atoms with Crippen LogP contribution in [0.4, 0.5) is 0 Å². The molecule has 0 spiro atoms. The number of nitrogens with zero attached hydrogens (tertiary/aromatic N) is 3. The largest absolute Gasteiger partial charge is 0.330 e. The highest BCUT2D eigenvalue weighted by molar-refractivity contribution is 7.20. The summed E-state index contributed by atoms with van der Waals surface area (Å²) in [4.78, 5) is 24.5. The molecule has 0 saturated carbocycles. The molecule has 3 aromatic rings. The molecule has 3 aromatic heterocycles. The molecular formula is C17H15N3OS2. The van der Waals surface area contributed by atoms with E-state index in [2.05, 4.69) is 9.97 Å². The summed E-state index contributed by atoms with van der Waals surface area (Å²) in [5.41, 5.74) is 1.71. The molecule has 23 heavy (non-hydrogen) atoms. The van der Waals surface area contributed by atoms with Gasteiger partial charge in [0, 0.05) is 24.3 Å². The molecule has 1 unspecified atom stereocenters. The van der Waals surface area contributed by atoms with Gasteiger partial charge < -0.3 is 4.90 Å². The van der Waals surface area contributed by atoms with Crippen LogP contribution < -0.4 is 0 Å². The average molecular weight is 341 g/mol. The predicted octanol–water partition coefficient (Wildman–Crippen LogP) is 4.24. The molecule has 1 amide bonds. The van der Waals surface area contributed by atoms with E-state index in [1.165, 1.54) is 11.3 Å². The van der Waals surface area contributed by atoms with E-state index < -0.39 is 0 Å². The van der Waals surface area contributed by atoms with Crippen molar-refractivity contribution in [3.05, 3.63) is 58.7 Å². The van der Waals surface area contributed by atoms with Crippen molar-refractivity contribution < 1.29 is 4.79 Å². The Morgan fingerprint density at radius 1 is 1.22 bits per heavy atom. The molecule has 1 aliphatic heterocycles. The van der Waals surface area contributed by atoms with Gasteiger partial charge in [-0.25, -0.2) is 4.98 Å². The van der Waals surface area contributed by atoms with E-state index in [9.17, 15) is 4.79 Å². The number of likely N-dealkylation sites (tertiary alicyclic amines) is 1. The zero-order chi connectivity index (χ0) is 15.6. The van der Waals surface area contributed by atoms with E-state index >= 15 is 0 Å². The van der Waals surface area contributed by atoms with E-state index in [4.69, 9.17) is 0 Å². The van der Waals surface area contributed by atoms with E-state index in [1.54, 1.807) is 23.7 Å². The fraction of sp³-hybridized carbons (Fsp3) is 0.235. The average Bonchev–Trinajstić information content (AvgIpc) is 3.35. The van der Waals surface area contributed by atoms with E-state index in [-0.39, 0.29) is 11.9 Å². The van der Waals surface area contributed by atoms with Crippen molar-refractivity contribution >= 4 is 28.6 Å². The third kappa shape index (κ3) is 2.80. The minimum atomic E-state index is 0.0309. The van der Waals surface area contributed by atoms with Gasteiger partial charge >= 0.3 is 0 Å². The maximum absolute atomic E-state index is 12.9. The first-order chi connectivity index (χ1) is 11.3. The fourth-order valence-corrected chi connectivity index (χ4v) is 4.58. The smallest absolute Gasteiger partial charge is 0.273 e. The lowest BCUT2D eigenvalue weighted by molar-refractivity contribution is 0.0730. The molecule has 1 aliphatic rings. The number of thiazole rings is 1. The van der Waals surface area contributed by atoms with Crippen LogP contribution in [0.2, 0.25) is 0 Å². The summed E-state index contributed by atoms with van der Waals surface area (Å²) >= 11 is 3.18. The molecule has 4 rings (SSSR count). The van der Waals surface area contributed by atoms with Crippen molar-refractivity contribution in [1.82, 2.24) is 14.9 Å². The highest BCUT2D eigenvalue weighted by Gasteiger charge is 2.31. The minimum Gasteiger partial charge on any atom is -0.330 e. The highest BCUT2D eigenvalue weighted by atomic mass is 32.1. The number of rotatable bonds is 3. The molecule has 1 fully saturated rings. The Morgan fingerprint density at radius 3 is 2.87 bits per heavy atom. The number of aromatic nitrogens is 2. The van der Waals surface area contributed by atoms with Gasteiger partial charge in [0.1, 0.15) is 10.7 Å². The first-order valence-corrected chi connectivity index (χ1v) is 9.29. The lowest BCUT2D eigenvalue weighted by atomic mass is 10.1. The number of pyridine rings is 1. The Bertz CT molecular complexity index is 798. The van der Waals surface area contributed by atoms with Crippen LogP contribution in [0.15, 0.2) is 47.4 Å². The second-order valence-corrected chi connectivity index (χ2v) is 7.26. The van der Waals surface area contributed by atoms with Gasteiger partial charge in [0.15, 0.2) is 0 Å². The van der Waals surface area contributed by atoms with Crippen molar-refractivity contribution in [2.45, 2.75) is 18.9 Å². The number of carbonyl (C=O) groups is 1. The maximum atomic E-state index is 12.9. The molecule has 0 aliphatic carbocycles. The van der Waals surface area contributed by atoms with Crippen molar-refractivity contribution in [3.8, 4) is 9.88 Å². The molecule has 0 N–H and O–H groups in total. The summed E-state index contributed by atoms with van der Waals surface area (Å²) in [6, 6.07) is 8.16. The lowest BCUT2D eigenvalue weighted by Gasteiger charge is -2.24. The number of hydrogen-bond acceptors (Lipinski definition) is 5. The van der Waals surface area contributed by atoms with Crippen molar-refractivity contribution in [3.63, 3.8) is 0 Å². The Balaban J connectivity index is 1.59. The fourth-order valence-electron chi connectivity index (χ4n) is 2.97. The summed E-state index contributed by atoms with van der Waals surface area (Å²) in [5.74, 6) is 0.0309. The Kier molecular flexibility index (Phi) is 3.93. The molecular weight excluding hydrogens is 326 g/mol. The number of hydrogen-bond donors (Lipinski definition) is 0. The Hall–Kier alpha value is -2.05. The first kappa shape index (κ1) is 14.5. The highest BCUT2D eigenvalue weighted by Crippen LogP contribution is 2.34. The number of carbonyl (C=O) groups excluding carboxylic acids is 1. The molecule has 4 heterocycles. The van der Waals surface area contributed by atoms with Crippen molar-refractivity contribution in [2.75, 3.05) is 6.54 Å². The molecule has 4 nitrogen and oxygen atoms in total. The molecule has 116 valence electrons. The summed E-state index contributed by atoms with van der Waals surface area (Å²) in [5, 5.41) is 4.82. The standard InChI is InChI=1S/C17H15N3OS2/c21-17(13-11-23-16(19-13)15-4-2-10-22-15)20-9-1-3-14(20)12-5-7-18-8-6-12/h2,4-8,10-11,14H,1,3,9H2. The molecule has 0 bridgehead atoms. The maximum Gasteiger partial charge on any atom is 0.273 e. The van der Waals surface area contributed by atoms with E-state index in [1.807, 2.05) is 39.9 Å². The minimum absolute atomic E-state index is 0.0309. The van der Waals surface area contributed by atoms with Crippen molar-refractivity contribution in [2.24, 2.45) is 0 Å². The van der Waals surface area contributed by atoms with Gasteiger partial charge in [0.2, 0.25) is 0 Å². The molecule has 0 radical (unpaired) electrons. The van der Waals surface area contributed by atoms with Gasteiger partial charge in [0.05, 0.1) is 10.9 Å². The normalized spacial score (nSPS) is 17.6. The molecule has 1 atom stereocenters. The van der Waals surface area contributed by atoms with Crippen LogP contribution in [0, 0.1) is 0 Å². The van der Waals surface area contributed by atoms with Crippen molar-refractivity contribution in [1.29, 1.82) is 0 Å². The topological polar surface area (TPSA) is 46.1 Å². The van der Waals surface area contributed by atoms with Gasteiger partial charge in [-0.1, -0.05) is 6.07 Å². The van der Waals surface area contributed by atoms with Gasteiger partial charge in [-0.15, -0.1) is 22.7 Å². The van der Waals surface area contributed by atoms with Crippen LogP contribution in [0.5, 0.6) is 0 Å². The lowest BCUT2D eigenvalue weighted by Crippen LogP contribution is -2.30. The summed E-state index contributed by atoms with van der Waals surface area (Å²) in [7, 11) is 0. The summed E-state index contributed by atoms with van der Waals surface area (Å²) in [6.45, 7) is 0.789. The SMILES string of the molecule is O=C(c1csc(-c2cccs2)n1)N1CCCC1c1ccncc1.